The van der Waals surface area contributed by atoms with Gasteiger partial charge in [0.05, 0.1) is 6.33 Å². The molecular weight excluding hydrogens is 206 g/mol. The first-order valence-corrected chi connectivity index (χ1v) is 5.43. The predicted molar refractivity (Wildman–Crippen MR) is 62.1 cm³/mol. The molecular formula is C10H15N5O. The van der Waals surface area contributed by atoms with E-state index in [4.69, 9.17) is 5.73 Å². The van der Waals surface area contributed by atoms with Gasteiger partial charge < -0.3 is 10.3 Å². The number of nitrogens with one attached hydrogen (secondary N) is 1. The van der Waals surface area contributed by atoms with Crippen LogP contribution in [0.2, 0.25) is 0 Å². The lowest BCUT2D eigenvalue weighted by molar-refractivity contribution is 0.610. The summed E-state index contributed by atoms with van der Waals surface area (Å²) in [5.74, 6) is 0.134. The molecule has 0 saturated carbocycles. The number of nitrogens with two attached hydrogens (primary N) is 1. The Balaban J connectivity index is 2.36. The van der Waals surface area contributed by atoms with Crippen LogP contribution in [0.5, 0.6) is 0 Å². The highest BCUT2D eigenvalue weighted by Crippen LogP contribution is 2.08. The van der Waals surface area contributed by atoms with Gasteiger partial charge in [-0.25, -0.2) is 4.98 Å². The smallest absolute Gasteiger partial charge is 0.280 e. The summed E-state index contributed by atoms with van der Waals surface area (Å²) in [5, 5.41) is 0. The fourth-order valence-corrected chi connectivity index (χ4v) is 1.67. The number of aryl methyl sites for hydroxylation is 1. The van der Waals surface area contributed by atoms with Crippen molar-refractivity contribution in [3.63, 3.8) is 0 Å². The van der Waals surface area contributed by atoms with Crippen LogP contribution in [0.1, 0.15) is 26.2 Å². The molecule has 2 heterocycles. The van der Waals surface area contributed by atoms with Gasteiger partial charge in [0.2, 0.25) is 5.95 Å². The molecule has 0 amide bonds. The van der Waals surface area contributed by atoms with E-state index in [0.29, 0.717) is 11.2 Å². The van der Waals surface area contributed by atoms with E-state index in [1.807, 2.05) is 4.57 Å². The Bertz CT molecular complexity index is 542. The van der Waals surface area contributed by atoms with Crippen LogP contribution in [0, 0.1) is 0 Å². The third-order valence-corrected chi connectivity index (χ3v) is 2.50. The van der Waals surface area contributed by atoms with Crippen molar-refractivity contribution >= 4 is 17.1 Å². The molecule has 2 aromatic heterocycles. The summed E-state index contributed by atoms with van der Waals surface area (Å²) in [6.07, 6.45) is 5.00. The van der Waals surface area contributed by atoms with Crippen LogP contribution in [-0.2, 0) is 6.54 Å². The summed E-state index contributed by atoms with van der Waals surface area (Å²) >= 11 is 0. The monoisotopic (exact) mass is 221 g/mol. The standard InChI is InChI=1S/C10H15N5O/c1-2-3-4-5-15-6-12-7-8(15)13-10(11)14-9(7)16/h6H,2-5H2,1H3,(H3,11,13,14,16). The molecule has 0 aliphatic carbocycles. The van der Waals surface area contributed by atoms with E-state index in [9.17, 15) is 4.79 Å². The van der Waals surface area contributed by atoms with Crippen molar-refractivity contribution in [3.05, 3.63) is 16.7 Å². The molecule has 2 rings (SSSR count). The minimum Gasteiger partial charge on any atom is -0.369 e. The summed E-state index contributed by atoms with van der Waals surface area (Å²) in [5.41, 5.74) is 6.14. The van der Waals surface area contributed by atoms with Crippen molar-refractivity contribution in [1.29, 1.82) is 0 Å². The number of rotatable bonds is 4. The minimum atomic E-state index is -0.281. The molecule has 0 bridgehead atoms. The van der Waals surface area contributed by atoms with Crippen LogP contribution < -0.4 is 11.3 Å². The zero-order valence-electron chi connectivity index (χ0n) is 9.23. The Morgan fingerprint density at radius 3 is 3.06 bits per heavy atom. The molecule has 0 aliphatic rings. The highest BCUT2D eigenvalue weighted by Gasteiger charge is 2.08. The van der Waals surface area contributed by atoms with Crippen molar-refractivity contribution in [2.24, 2.45) is 0 Å². The van der Waals surface area contributed by atoms with E-state index in [1.54, 1.807) is 6.33 Å². The van der Waals surface area contributed by atoms with Crippen LogP contribution in [0.3, 0.4) is 0 Å². The molecule has 0 aliphatic heterocycles. The van der Waals surface area contributed by atoms with Gasteiger partial charge in [-0.2, -0.15) is 4.98 Å². The van der Waals surface area contributed by atoms with Crippen LogP contribution in [0.25, 0.3) is 11.2 Å². The molecule has 3 N–H and O–H groups in total. The Kier molecular flexibility index (Phi) is 2.89. The van der Waals surface area contributed by atoms with E-state index in [2.05, 4.69) is 21.9 Å². The average molecular weight is 221 g/mol. The molecule has 0 radical (unpaired) electrons. The molecule has 0 spiro atoms. The van der Waals surface area contributed by atoms with Crippen LogP contribution in [-0.4, -0.2) is 19.5 Å². The molecule has 0 aromatic carbocycles. The van der Waals surface area contributed by atoms with Crippen molar-refractivity contribution in [3.8, 4) is 0 Å². The lowest BCUT2D eigenvalue weighted by Crippen LogP contribution is -2.12. The predicted octanol–water partition coefficient (Wildman–Crippen LogP) is 0.892. The topological polar surface area (TPSA) is 89.6 Å². The first-order valence-electron chi connectivity index (χ1n) is 5.43. The highest BCUT2D eigenvalue weighted by molar-refractivity contribution is 5.70. The van der Waals surface area contributed by atoms with E-state index in [-0.39, 0.29) is 11.5 Å². The number of H-pyrrole nitrogens is 1. The van der Waals surface area contributed by atoms with Crippen molar-refractivity contribution in [2.75, 3.05) is 5.73 Å². The summed E-state index contributed by atoms with van der Waals surface area (Å²) < 4.78 is 1.87. The van der Waals surface area contributed by atoms with E-state index in [1.165, 1.54) is 0 Å². The van der Waals surface area contributed by atoms with Crippen LogP contribution >= 0.6 is 0 Å². The number of fused-ring (bicyclic) bond motifs is 1. The van der Waals surface area contributed by atoms with Crippen molar-refractivity contribution in [1.82, 2.24) is 19.5 Å². The van der Waals surface area contributed by atoms with E-state index in [0.717, 1.165) is 25.8 Å². The van der Waals surface area contributed by atoms with Crippen LogP contribution in [0.4, 0.5) is 5.95 Å². The number of unbranched alkanes of at least 4 members (excludes halogenated alkanes) is 2. The second-order valence-electron chi connectivity index (χ2n) is 3.77. The number of hydrogen-bond acceptors (Lipinski definition) is 4. The Morgan fingerprint density at radius 2 is 2.31 bits per heavy atom. The fourth-order valence-electron chi connectivity index (χ4n) is 1.67. The first-order chi connectivity index (χ1) is 7.72. The van der Waals surface area contributed by atoms with Gasteiger partial charge >= 0.3 is 0 Å². The maximum Gasteiger partial charge on any atom is 0.280 e. The number of hydrogen-bond donors (Lipinski definition) is 2. The van der Waals surface area contributed by atoms with Gasteiger partial charge in [0, 0.05) is 6.54 Å². The van der Waals surface area contributed by atoms with Gasteiger partial charge in [0.25, 0.3) is 5.56 Å². The Labute approximate surface area is 92.5 Å². The third kappa shape index (κ3) is 1.91. The van der Waals surface area contributed by atoms with E-state index >= 15 is 0 Å². The Morgan fingerprint density at radius 1 is 1.50 bits per heavy atom. The van der Waals surface area contributed by atoms with Gasteiger partial charge in [-0.15, -0.1) is 0 Å². The van der Waals surface area contributed by atoms with Gasteiger partial charge in [0.1, 0.15) is 0 Å². The number of nitrogens with zero attached hydrogens (tertiary/aromatic N) is 3. The minimum absolute atomic E-state index is 0.134. The zero-order valence-corrected chi connectivity index (χ0v) is 9.23. The number of imidazole rings is 1. The molecule has 0 saturated heterocycles. The molecule has 6 nitrogen and oxygen atoms in total. The summed E-state index contributed by atoms with van der Waals surface area (Å²) in [6, 6.07) is 0. The van der Waals surface area contributed by atoms with Crippen molar-refractivity contribution < 1.29 is 0 Å². The maximum absolute atomic E-state index is 11.5. The molecule has 0 atom stereocenters. The molecule has 2 aromatic rings. The van der Waals surface area contributed by atoms with Crippen molar-refractivity contribution in [2.45, 2.75) is 32.7 Å². The lowest BCUT2D eigenvalue weighted by Gasteiger charge is -2.02. The first kappa shape index (κ1) is 10.7. The lowest BCUT2D eigenvalue weighted by atomic mass is 10.2. The number of anilines is 1. The number of aromatic amines is 1. The summed E-state index contributed by atoms with van der Waals surface area (Å²) in [7, 11) is 0. The Hall–Kier alpha value is -1.85. The van der Waals surface area contributed by atoms with Gasteiger partial charge in [-0.3, -0.25) is 9.78 Å². The van der Waals surface area contributed by atoms with E-state index < -0.39 is 0 Å². The van der Waals surface area contributed by atoms with Gasteiger partial charge in [-0.1, -0.05) is 19.8 Å². The number of nitrogen functional groups attached to an aromatic ring is 1. The normalized spacial score (nSPS) is 11.1. The molecule has 0 unspecified atom stereocenters. The SMILES string of the molecule is CCCCCn1cnc2c(=O)[nH]c(N)nc21. The largest absolute Gasteiger partial charge is 0.369 e. The van der Waals surface area contributed by atoms with Gasteiger partial charge in [-0.05, 0) is 6.42 Å². The maximum atomic E-state index is 11.5. The van der Waals surface area contributed by atoms with Gasteiger partial charge in [0.15, 0.2) is 11.2 Å². The summed E-state index contributed by atoms with van der Waals surface area (Å²) in [4.78, 5) is 22.1. The van der Waals surface area contributed by atoms with Crippen LogP contribution in [0.15, 0.2) is 11.1 Å². The quantitative estimate of drug-likeness (QED) is 0.750. The highest BCUT2D eigenvalue weighted by atomic mass is 16.1. The average Bonchev–Trinajstić information content (AvgIpc) is 2.62. The molecule has 0 fully saturated rings. The number of aromatic nitrogens is 4. The molecule has 16 heavy (non-hydrogen) atoms. The second-order valence-corrected chi connectivity index (χ2v) is 3.77. The zero-order chi connectivity index (χ0) is 11.5. The summed E-state index contributed by atoms with van der Waals surface area (Å²) in [6.45, 7) is 2.97. The fraction of sp³-hybridized carbons (Fsp3) is 0.500. The molecule has 86 valence electrons. The molecule has 6 heteroatoms. The second kappa shape index (κ2) is 4.34. The third-order valence-electron chi connectivity index (χ3n) is 2.50.